The van der Waals surface area contributed by atoms with Gasteiger partial charge in [0.2, 0.25) is 0 Å². The maximum absolute atomic E-state index is 5.96. The number of halogens is 1. The number of nitrogens with zero attached hydrogens (tertiary/aromatic N) is 4. The predicted molar refractivity (Wildman–Crippen MR) is 104 cm³/mol. The van der Waals surface area contributed by atoms with E-state index in [1.54, 1.807) is 4.68 Å². The van der Waals surface area contributed by atoms with Crippen molar-refractivity contribution < 1.29 is 17.1 Å². The largest absolute Gasteiger partial charge is 1.00 e. The molecule has 6 nitrogen and oxygen atoms in total. The minimum Gasteiger partial charge on any atom is -1.00 e. The van der Waals surface area contributed by atoms with Crippen molar-refractivity contribution in [3.05, 3.63) is 60.2 Å². The number of para-hydroxylation sites is 1. The lowest BCUT2D eigenvalue weighted by atomic mass is 10.1. The van der Waals surface area contributed by atoms with E-state index in [9.17, 15) is 0 Å². The Morgan fingerprint density at radius 3 is 2.54 bits per heavy atom. The van der Waals surface area contributed by atoms with E-state index in [0.717, 1.165) is 18.0 Å². The van der Waals surface area contributed by atoms with Crippen LogP contribution in [0.2, 0.25) is 0 Å². The Morgan fingerprint density at radius 1 is 0.964 bits per heavy atom. The molecular weight excluding hydrogens is 374 g/mol. The number of benzene rings is 2. The average Bonchev–Trinajstić information content (AvgIpc) is 3.01. The Kier molecular flexibility index (Phi) is 7.39. The normalized spacial score (nSPS) is 14.9. The summed E-state index contributed by atoms with van der Waals surface area (Å²) in [4.78, 5) is 0. The molecule has 0 unspecified atom stereocenters. The van der Waals surface area contributed by atoms with Gasteiger partial charge in [0, 0.05) is 12.6 Å². The Labute approximate surface area is 171 Å². The highest BCUT2D eigenvalue weighted by Gasteiger charge is 2.13. The molecule has 1 aliphatic carbocycles. The number of tetrazole rings is 1. The van der Waals surface area contributed by atoms with Gasteiger partial charge in [0.1, 0.15) is 5.75 Å². The molecule has 3 aromatic rings. The Morgan fingerprint density at radius 2 is 1.75 bits per heavy atom. The van der Waals surface area contributed by atoms with E-state index in [1.165, 1.54) is 44.1 Å². The van der Waals surface area contributed by atoms with Crippen LogP contribution in [-0.2, 0) is 6.54 Å². The first-order valence-electron chi connectivity index (χ1n) is 9.72. The third kappa shape index (κ3) is 5.30. The van der Waals surface area contributed by atoms with Crippen LogP contribution >= 0.6 is 0 Å². The second-order valence-electron chi connectivity index (χ2n) is 7.03. The molecule has 1 heterocycles. The fourth-order valence-electron chi connectivity index (χ4n) is 3.54. The van der Waals surface area contributed by atoms with Gasteiger partial charge in [-0.2, -0.15) is 4.68 Å². The molecule has 0 aliphatic heterocycles. The first kappa shape index (κ1) is 20.3. The third-order valence-electron chi connectivity index (χ3n) is 5.00. The first-order valence-corrected chi connectivity index (χ1v) is 9.72. The molecule has 0 spiro atoms. The summed E-state index contributed by atoms with van der Waals surface area (Å²) in [6.45, 7) is 0.853. The van der Waals surface area contributed by atoms with Crippen molar-refractivity contribution in [1.82, 2.24) is 25.5 Å². The lowest BCUT2D eigenvalue weighted by Gasteiger charge is -2.16. The van der Waals surface area contributed by atoms with Crippen LogP contribution < -0.4 is 22.5 Å². The van der Waals surface area contributed by atoms with E-state index in [-0.39, 0.29) is 12.4 Å². The van der Waals surface area contributed by atoms with Crippen LogP contribution in [-0.4, -0.2) is 26.2 Å². The lowest BCUT2D eigenvalue weighted by molar-refractivity contribution is -0.00000637. The van der Waals surface area contributed by atoms with Crippen LogP contribution in [0, 0.1) is 0 Å². The van der Waals surface area contributed by atoms with Gasteiger partial charge in [0.05, 0.1) is 5.69 Å². The van der Waals surface area contributed by atoms with E-state index in [0.29, 0.717) is 12.1 Å². The van der Waals surface area contributed by atoms with Gasteiger partial charge in [-0.3, -0.25) is 0 Å². The maximum atomic E-state index is 5.96. The molecular formula is C21H25ClN5O-. The summed E-state index contributed by atoms with van der Waals surface area (Å²) in [6, 6.07) is 18.8. The molecule has 0 amide bonds. The van der Waals surface area contributed by atoms with Gasteiger partial charge in [-0.1, -0.05) is 61.1 Å². The number of rotatable bonds is 6. The maximum Gasteiger partial charge on any atom is 0.345 e. The molecule has 0 bridgehead atoms. The zero-order chi connectivity index (χ0) is 18.3. The van der Waals surface area contributed by atoms with Gasteiger partial charge in [0.15, 0.2) is 0 Å². The van der Waals surface area contributed by atoms with Crippen molar-refractivity contribution in [3.63, 3.8) is 0 Å². The van der Waals surface area contributed by atoms with Crippen molar-refractivity contribution >= 4 is 0 Å². The van der Waals surface area contributed by atoms with Gasteiger partial charge in [0.25, 0.3) is 0 Å². The highest BCUT2D eigenvalue weighted by molar-refractivity contribution is 5.34. The number of aromatic nitrogens is 4. The van der Waals surface area contributed by atoms with Gasteiger partial charge in [-0.25, -0.2) is 0 Å². The lowest BCUT2D eigenvalue weighted by Crippen LogP contribution is -3.00. The molecule has 148 valence electrons. The molecule has 4 rings (SSSR count). The first-order chi connectivity index (χ1) is 13.4. The molecule has 28 heavy (non-hydrogen) atoms. The predicted octanol–water partition coefficient (Wildman–Crippen LogP) is 1.27. The smallest absolute Gasteiger partial charge is 0.345 e. The quantitative estimate of drug-likeness (QED) is 0.633. The van der Waals surface area contributed by atoms with E-state index < -0.39 is 0 Å². The highest BCUT2D eigenvalue weighted by atomic mass is 35.5. The van der Waals surface area contributed by atoms with Gasteiger partial charge < -0.3 is 22.5 Å². The molecule has 0 radical (unpaired) electrons. The van der Waals surface area contributed by atoms with Crippen LogP contribution in [0.1, 0.15) is 44.1 Å². The molecule has 1 aliphatic rings. The molecule has 1 fully saturated rings. The Hall–Kier alpha value is -2.44. The monoisotopic (exact) mass is 398 g/mol. The van der Waals surface area contributed by atoms with E-state index >= 15 is 0 Å². The van der Waals surface area contributed by atoms with Crippen LogP contribution in [0.15, 0.2) is 54.6 Å². The number of ether oxygens (including phenoxy) is 1. The summed E-state index contributed by atoms with van der Waals surface area (Å²) >= 11 is 0. The second kappa shape index (κ2) is 10.2. The Bertz CT molecular complexity index is 847. The van der Waals surface area contributed by atoms with Gasteiger partial charge >= 0.3 is 6.01 Å². The molecule has 7 heteroatoms. The summed E-state index contributed by atoms with van der Waals surface area (Å²) in [5.41, 5.74) is 2.07. The van der Waals surface area contributed by atoms with Crippen molar-refractivity contribution in [2.24, 2.45) is 0 Å². The summed E-state index contributed by atoms with van der Waals surface area (Å²) in [5.74, 6) is 0.738. The number of nitrogens with one attached hydrogen (secondary N) is 1. The Balaban J connectivity index is 0.00000225. The molecule has 0 atom stereocenters. The SMILES string of the molecule is [Cl-].c1ccc(-n2nnnc2Oc2cccc(CNC3CCCCCC3)c2)cc1. The van der Waals surface area contributed by atoms with Crippen LogP contribution in [0.4, 0.5) is 0 Å². The number of hydrogen-bond acceptors (Lipinski definition) is 5. The van der Waals surface area contributed by atoms with Gasteiger partial charge in [-0.15, -0.1) is 0 Å². The fourth-order valence-corrected chi connectivity index (χ4v) is 3.54. The van der Waals surface area contributed by atoms with E-state index in [2.05, 4.69) is 26.9 Å². The third-order valence-corrected chi connectivity index (χ3v) is 5.00. The van der Waals surface area contributed by atoms with Crippen molar-refractivity contribution in [3.8, 4) is 17.4 Å². The summed E-state index contributed by atoms with van der Waals surface area (Å²) in [7, 11) is 0. The summed E-state index contributed by atoms with van der Waals surface area (Å²) in [6.07, 6.45) is 7.98. The minimum absolute atomic E-state index is 0. The van der Waals surface area contributed by atoms with Crippen molar-refractivity contribution in [2.75, 3.05) is 0 Å². The molecule has 1 aromatic heterocycles. The van der Waals surface area contributed by atoms with E-state index in [1.807, 2.05) is 48.5 Å². The molecule has 1 N–H and O–H groups in total. The van der Waals surface area contributed by atoms with Gasteiger partial charge in [-0.05, 0) is 53.1 Å². The minimum atomic E-state index is 0. The zero-order valence-electron chi connectivity index (χ0n) is 15.8. The van der Waals surface area contributed by atoms with E-state index in [4.69, 9.17) is 4.74 Å². The second-order valence-corrected chi connectivity index (χ2v) is 7.03. The fraction of sp³-hybridized carbons (Fsp3) is 0.381. The molecule has 1 saturated carbocycles. The molecule has 2 aromatic carbocycles. The average molecular weight is 399 g/mol. The van der Waals surface area contributed by atoms with Crippen LogP contribution in [0.5, 0.6) is 11.8 Å². The highest BCUT2D eigenvalue weighted by Crippen LogP contribution is 2.23. The summed E-state index contributed by atoms with van der Waals surface area (Å²) in [5, 5.41) is 15.5. The standard InChI is InChI=1S/C21H25N5O.ClH/c1-2-5-11-18(10-4-1)22-16-17-9-8-14-20(15-17)27-21-23-24-25-26(21)19-12-6-3-7-13-19;/h3,6-9,12-15,18,22H,1-2,4-5,10-11,16H2;1H/p-1. The topological polar surface area (TPSA) is 64.9 Å². The van der Waals surface area contributed by atoms with Crippen LogP contribution in [0.25, 0.3) is 5.69 Å². The summed E-state index contributed by atoms with van der Waals surface area (Å²) < 4.78 is 7.55. The van der Waals surface area contributed by atoms with Crippen LogP contribution in [0.3, 0.4) is 0 Å². The number of hydrogen-bond donors (Lipinski definition) is 1. The van der Waals surface area contributed by atoms with Crippen molar-refractivity contribution in [2.45, 2.75) is 51.1 Å². The zero-order valence-corrected chi connectivity index (χ0v) is 16.6. The van der Waals surface area contributed by atoms with Crippen molar-refractivity contribution in [1.29, 1.82) is 0 Å². The molecule has 0 saturated heterocycles.